The Kier molecular flexibility index (Phi) is 3.69. The molecule has 0 amide bonds. The number of rotatable bonds is 4. The van der Waals surface area contributed by atoms with Crippen molar-refractivity contribution in [2.24, 2.45) is 5.92 Å². The molecule has 0 aromatic heterocycles. The van der Waals surface area contributed by atoms with Gasteiger partial charge in [0.2, 0.25) is 0 Å². The third-order valence-corrected chi connectivity index (χ3v) is 8.19. The van der Waals surface area contributed by atoms with E-state index in [-0.39, 0.29) is 0 Å². The van der Waals surface area contributed by atoms with E-state index in [1.807, 2.05) is 0 Å². The number of epoxide rings is 1. The summed E-state index contributed by atoms with van der Waals surface area (Å²) in [5, 5.41) is 0.301. The molecule has 0 saturated carbocycles. The Morgan fingerprint density at radius 2 is 1.80 bits per heavy atom. The summed E-state index contributed by atoms with van der Waals surface area (Å²) in [6.45, 7) is 16.6. The van der Waals surface area contributed by atoms with Gasteiger partial charge in [-0.2, -0.15) is 0 Å². The molecule has 90 valence electrons. The standard InChI is InChI=1S/C12H26O2Si/c1-9(2)11-10(14-11)8-13-15(6,7)12(3,4)5/h9-11H,8H2,1-7H3/t10-,11+/m0/s1. The van der Waals surface area contributed by atoms with Crippen molar-refractivity contribution in [3.05, 3.63) is 0 Å². The van der Waals surface area contributed by atoms with Crippen LogP contribution in [0.3, 0.4) is 0 Å². The minimum atomic E-state index is -1.57. The smallest absolute Gasteiger partial charge is 0.192 e. The summed E-state index contributed by atoms with van der Waals surface area (Å²) < 4.78 is 11.7. The van der Waals surface area contributed by atoms with Crippen LogP contribution in [0.25, 0.3) is 0 Å². The predicted octanol–water partition coefficient (Wildman–Crippen LogP) is 3.43. The summed E-state index contributed by atoms with van der Waals surface area (Å²) >= 11 is 0. The quantitative estimate of drug-likeness (QED) is 0.545. The highest BCUT2D eigenvalue weighted by Crippen LogP contribution is 2.38. The maximum atomic E-state index is 6.11. The highest BCUT2D eigenvalue weighted by molar-refractivity contribution is 6.74. The van der Waals surface area contributed by atoms with Crippen LogP contribution in [0.4, 0.5) is 0 Å². The van der Waals surface area contributed by atoms with Crippen LogP contribution < -0.4 is 0 Å². The predicted molar refractivity (Wildman–Crippen MR) is 66.6 cm³/mol. The molecule has 0 N–H and O–H groups in total. The van der Waals surface area contributed by atoms with Crippen LogP contribution in [0.1, 0.15) is 34.6 Å². The topological polar surface area (TPSA) is 21.8 Å². The van der Waals surface area contributed by atoms with Gasteiger partial charge < -0.3 is 9.16 Å². The molecule has 1 fully saturated rings. The summed E-state index contributed by atoms with van der Waals surface area (Å²) in [5.41, 5.74) is 0. The molecule has 0 unspecified atom stereocenters. The highest BCUT2D eigenvalue weighted by Gasteiger charge is 2.44. The van der Waals surface area contributed by atoms with E-state index in [9.17, 15) is 0 Å². The molecule has 1 heterocycles. The lowest BCUT2D eigenvalue weighted by molar-refractivity contribution is 0.240. The van der Waals surface area contributed by atoms with E-state index in [0.717, 1.165) is 6.61 Å². The van der Waals surface area contributed by atoms with Crippen molar-refractivity contribution in [2.45, 2.75) is 65.0 Å². The van der Waals surface area contributed by atoms with E-state index < -0.39 is 8.32 Å². The monoisotopic (exact) mass is 230 g/mol. The first-order valence-corrected chi connectivity index (χ1v) is 8.85. The van der Waals surface area contributed by atoms with Gasteiger partial charge in [0.15, 0.2) is 8.32 Å². The van der Waals surface area contributed by atoms with Gasteiger partial charge in [-0.15, -0.1) is 0 Å². The fourth-order valence-corrected chi connectivity index (χ4v) is 2.40. The lowest BCUT2D eigenvalue weighted by Crippen LogP contribution is -2.41. The second-order valence-corrected chi connectivity index (χ2v) is 11.3. The van der Waals surface area contributed by atoms with Gasteiger partial charge in [-0.05, 0) is 24.1 Å². The van der Waals surface area contributed by atoms with Crippen molar-refractivity contribution in [1.82, 2.24) is 0 Å². The van der Waals surface area contributed by atoms with Crippen molar-refractivity contribution in [2.75, 3.05) is 6.61 Å². The third kappa shape index (κ3) is 3.30. The Morgan fingerprint density at radius 3 is 2.13 bits per heavy atom. The number of ether oxygens (including phenoxy) is 1. The third-order valence-electron chi connectivity index (χ3n) is 3.69. The van der Waals surface area contributed by atoms with E-state index in [1.54, 1.807) is 0 Å². The average molecular weight is 230 g/mol. The van der Waals surface area contributed by atoms with E-state index in [2.05, 4.69) is 47.7 Å². The second-order valence-electron chi connectivity index (χ2n) is 6.45. The molecule has 2 nitrogen and oxygen atoms in total. The SMILES string of the molecule is CC(C)[C@H]1O[C@H]1CO[Si](C)(C)C(C)(C)C. The van der Waals surface area contributed by atoms with Crippen LogP contribution in [-0.4, -0.2) is 27.1 Å². The van der Waals surface area contributed by atoms with Gasteiger partial charge >= 0.3 is 0 Å². The molecule has 1 aliphatic rings. The molecule has 0 bridgehead atoms. The minimum Gasteiger partial charge on any atom is -0.414 e. The average Bonchev–Trinajstić information content (AvgIpc) is 2.77. The highest BCUT2D eigenvalue weighted by atomic mass is 28.4. The lowest BCUT2D eigenvalue weighted by atomic mass is 10.1. The van der Waals surface area contributed by atoms with Crippen molar-refractivity contribution >= 4 is 8.32 Å². The molecule has 2 atom stereocenters. The molecule has 0 radical (unpaired) electrons. The van der Waals surface area contributed by atoms with Crippen LogP contribution in [-0.2, 0) is 9.16 Å². The van der Waals surface area contributed by atoms with Gasteiger partial charge in [0, 0.05) is 0 Å². The van der Waals surface area contributed by atoms with Gasteiger partial charge in [-0.3, -0.25) is 0 Å². The summed E-state index contributed by atoms with van der Waals surface area (Å²) in [7, 11) is -1.57. The van der Waals surface area contributed by atoms with Crippen LogP contribution in [0.5, 0.6) is 0 Å². The lowest BCUT2D eigenvalue weighted by Gasteiger charge is -2.36. The van der Waals surface area contributed by atoms with E-state index in [1.165, 1.54) is 0 Å². The van der Waals surface area contributed by atoms with Gasteiger partial charge in [0.05, 0.1) is 12.7 Å². The molecule has 1 aliphatic heterocycles. The second kappa shape index (κ2) is 4.19. The first kappa shape index (κ1) is 13.2. The Labute approximate surface area is 95.5 Å². The summed E-state index contributed by atoms with van der Waals surface area (Å²) in [6.07, 6.45) is 0.800. The molecule has 3 heteroatoms. The number of hydrogen-bond donors (Lipinski definition) is 0. The van der Waals surface area contributed by atoms with Gasteiger partial charge in [-0.25, -0.2) is 0 Å². The first-order valence-electron chi connectivity index (χ1n) is 5.94. The summed E-state index contributed by atoms with van der Waals surface area (Å²) in [6, 6.07) is 0. The largest absolute Gasteiger partial charge is 0.414 e. The van der Waals surface area contributed by atoms with Crippen molar-refractivity contribution in [3.8, 4) is 0 Å². The normalized spacial score (nSPS) is 27.2. The van der Waals surface area contributed by atoms with Crippen molar-refractivity contribution < 1.29 is 9.16 Å². The van der Waals surface area contributed by atoms with E-state index in [4.69, 9.17) is 9.16 Å². The molecular weight excluding hydrogens is 204 g/mol. The Hall–Kier alpha value is 0.137. The van der Waals surface area contributed by atoms with Gasteiger partial charge in [0.25, 0.3) is 0 Å². The Balaban J connectivity index is 2.33. The maximum absolute atomic E-state index is 6.11. The fraction of sp³-hybridized carbons (Fsp3) is 1.00. The first-order chi connectivity index (χ1) is 6.65. The van der Waals surface area contributed by atoms with Gasteiger partial charge in [-0.1, -0.05) is 34.6 Å². The molecule has 15 heavy (non-hydrogen) atoms. The molecule has 1 saturated heterocycles. The van der Waals surface area contributed by atoms with E-state index >= 15 is 0 Å². The zero-order chi connectivity index (χ0) is 11.9. The Bertz CT molecular complexity index is 218. The minimum absolute atomic E-state index is 0.301. The molecular formula is C12H26O2Si. The van der Waals surface area contributed by atoms with Crippen molar-refractivity contribution in [3.63, 3.8) is 0 Å². The summed E-state index contributed by atoms with van der Waals surface area (Å²) in [4.78, 5) is 0. The van der Waals surface area contributed by atoms with E-state index in [0.29, 0.717) is 23.2 Å². The molecule has 0 aromatic carbocycles. The fourth-order valence-electron chi connectivity index (χ4n) is 1.38. The van der Waals surface area contributed by atoms with Crippen LogP contribution in [0.2, 0.25) is 18.1 Å². The number of hydrogen-bond acceptors (Lipinski definition) is 2. The van der Waals surface area contributed by atoms with Gasteiger partial charge in [0.1, 0.15) is 6.10 Å². The molecule has 0 spiro atoms. The zero-order valence-electron chi connectivity index (χ0n) is 11.3. The molecule has 0 aromatic rings. The molecule has 1 rings (SSSR count). The van der Waals surface area contributed by atoms with Crippen LogP contribution >= 0.6 is 0 Å². The molecule has 0 aliphatic carbocycles. The van der Waals surface area contributed by atoms with Crippen LogP contribution in [0, 0.1) is 5.92 Å². The maximum Gasteiger partial charge on any atom is 0.192 e. The van der Waals surface area contributed by atoms with Crippen LogP contribution in [0.15, 0.2) is 0 Å². The Morgan fingerprint density at radius 1 is 1.27 bits per heavy atom. The van der Waals surface area contributed by atoms with Crippen molar-refractivity contribution in [1.29, 1.82) is 0 Å². The zero-order valence-corrected chi connectivity index (χ0v) is 12.3. The summed E-state index contributed by atoms with van der Waals surface area (Å²) in [5.74, 6) is 0.623.